The molecule has 0 N–H and O–H groups in total. The first-order valence-corrected chi connectivity index (χ1v) is 8.20. The monoisotopic (exact) mass is 333 g/mol. The maximum atomic E-state index is 12.6. The number of rotatable bonds is 2. The van der Waals surface area contributed by atoms with E-state index in [1.54, 1.807) is 31.4 Å². The zero-order chi connectivity index (χ0) is 16.8. The normalized spacial score (nSPS) is 18.2. The standard InChI is InChI=1S/C17H23N3O4/c1-22-15-4-2-14(3-5-15)16(21)18-17(19-6-10-23-11-7-19)20-8-12-24-13-9-20/h2-5H,6-13H2,1H3. The van der Waals surface area contributed by atoms with Crippen molar-refractivity contribution in [2.75, 3.05) is 59.7 Å². The fraction of sp³-hybridized carbons (Fsp3) is 0.529. The van der Waals surface area contributed by atoms with Gasteiger partial charge in [0.1, 0.15) is 5.75 Å². The van der Waals surface area contributed by atoms with Crippen molar-refractivity contribution in [2.24, 2.45) is 4.99 Å². The number of hydrogen-bond donors (Lipinski definition) is 0. The summed E-state index contributed by atoms with van der Waals surface area (Å²) in [5, 5.41) is 0. The summed E-state index contributed by atoms with van der Waals surface area (Å²) in [6.45, 7) is 5.58. The van der Waals surface area contributed by atoms with Gasteiger partial charge in [-0.15, -0.1) is 0 Å². The Balaban J connectivity index is 1.81. The van der Waals surface area contributed by atoms with E-state index in [0.29, 0.717) is 32.0 Å². The second-order valence-electron chi connectivity index (χ2n) is 5.64. The number of methoxy groups -OCH3 is 1. The number of nitrogens with zero attached hydrogens (tertiary/aromatic N) is 3. The van der Waals surface area contributed by atoms with Crippen molar-refractivity contribution in [3.63, 3.8) is 0 Å². The van der Waals surface area contributed by atoms with Gasteiger partial charge in [-0.2, -0.15) is 4.99 Å². The maximum absolute atomic E-state index is 12.6. The van der Waals surface area contributed by atoms with Gasteiger partial charge in [0.2, 0.25) is 5.96 Å². The molecule has 1 amide bonds. The van der Waals surface area contributed by atoms with E-state index in [0.717, 1.165) is 37.9 Å². The molecule has 2 aliphatic rings. The largest absolute Gasteiger partial charge is 0.497 e. The number of guanidine groups is 1. The lowest BCUT2D eigenvalue weighted by molar-refractivity contribution is 0.0417. The summed E-state index contributed by atoms with van der Waals surface area (Å²) in [6.07, 6.45) is 0. The highest BCUT2D eigenvalue weighted by Gasteiger charge is 2.24. The Kier molecular flexibility index (Phi) is 5.66. The zero-order valence-electron chi connectivity index (χ0n) is 13.9. The van der Waals surface area contributed by atoms with E-state index >= 15 is 0 Å². The SMILES string of the molecule is COc1ccc(C(=O)N=C(N2CCOCC2)N2CCOCC2)cc1. The van der Waals surface area contributed by atoms with Crippen LogP contribution < -0.4 is 4.74 Å². The summed E-state index contributed by atoms with van der Waals surface area (Å²) in [6, 6.07) is 7.01. The Hall–Kier alpha value is -2.12. The van der Waals surface area contributed by atoms with E-state index < -0.39 is 0 Å². The number of carbonyl (C=O) groups excluding carboxylic acids is 1. The molecule has 0 spiro atoms. The number of amides is 1. The molecule has 2 fully saturated rings. The highest BCUT2D eigenvalue weighted by molar-refractivity contribution is 6.02. The lowest BCUT2D eigenvalue weighted by Crippen LogP contribution is -2.52. The molecule has 0 saturated carbocycles. The first-order chi connectivity index (χ1) is 11.8. The van der Waals surface area contributed by atoms with Crippen LogP contribution in [0.2, 0.25) is 0 Å². The van der Waals surface area contributed by atoms with Crippen LogP contribution in [0.25, 0.3) is 0 Å². The first-order valence-electron chi connectivity index (χ1n) is 8.20. The van der Waals surface area contributed by atoms with E-state index in [1.807, 2.05) is 0 Å². The number of morpholine rings is 2. The highest BCUT2D eigenvalue weighted by Crippen LogP contribution is 2.13. The molecule has 7 heteroatoms. The molecule has 0 radical (unpaired) electrons. The van der Waals surface area contributed by atoms with Crippen LogP contribution in [0.4, 0.5) is 0 Å². The van der Waals surface area contributed by atoms with Gasteiger partial charge in [0.05, 0.1) is 33.5 Å². The molecule has 0 aliphatic carbocycles. The molecule has 1 aromatic rings. The number of benzene rings is 1. The van der Waals surface area contributed by atoms with Crippen LogP contribution in [0.5, 0.6) is 5.75 Å². The minimum Gasteiger partial charge on any atom is -0.497 e. The van der Waals surface area contributed by atoms with Crippen molar-refractivity contribution >= 4 is 11.9 Å². The summed E-state index contributed by atoms with van der Waals surface area (Å²) >= 11 is 0. The quantitative estimate of drug-likeness (QED) is 0.591. The van der Waals surface area contributed by atoms with E-state index in [2.05, 4.69) is 14.8 Å². The Labute approximate surface area is 141 Å². The Morgan fingerprint density at radius 1 is 0.958 bits per heavy atom. The number of ether oxygens (including phenoxy) is 3. The molecular formula is C17H23N3O4. The number of hydrogen-bond acceptors (Lipinski definition) is 4. The fourth-order valence-electron chi connectivity index (χ4n) is 2.76. The van der Waals surface area contributed by atoms with Crippen LogP contribution in [0, 0.1) is 0 Å². The second-order valence-corrected chi connectivity index (χ2v) is 5.64. The molecule has 0 bridgehead atoms. The molecule has 2 aliphatic heterocycles. The molecule has 0 atom stereocenters. The van der Waals surface area contributed by atoms with Crippen LogP contribution >= 0.6 is 0 Å². The van der Waals surface area contributed by atoms with Crippen LogP contribution in [0.3, 0.4) is 0 Å². The molecule has 2 saturated heterocycles. The van der Waals surface area contributed by atoms with Crippen molar-refractivity contribution in [3.05, 3.63) is 29.8 Å². The van der Waals surface area contributed by atoms with Gasteiger partial charge in [-0.25, -0.2) is 0 Å². The van der Waals surface area contributed by atoms with Crippen LogP contribution in [-0.2, 0) is 9.47 Å². The minimum atomic E-state index is -0.245. The second kappa shape index (κ2) is 8.12. The van der Waals surface area contributed by atoms with Crippen molar-refractivity contribution in [1.29, 1.82) is 0 Å². The topological polar surface area (TPSA) is 63.6 Å². The zero-order valence-corrected chi connectivity index (χ0v) is 13.9. The molecule has 2 heterocycles. The summed E-state index contributed by atoms with van der Waals surface area (Å²) in [5.41, 5.74) is 0.551. The third kappa shape index (κ3) is 4.04. The van der Waals surface area contributed by atoms with Gasteiger partial charge in [-0.1, -0.05) is 0 Å². The Morgan fingerprint density at radius 2 is 1.46 bits per heavy atom. The summed E-state index contributed by atoms with van der Waals surface area (Å²) in [5.74, 6) is 1.20. The molecule has 0 aromatic heterocycles. The average Bonchev–Trinajstić information content (AvgIpc) is 2.67. The van der Waals surface area contributed by atoms with Crippen molar-refractivity contribution in [1.82, 2.24) is 9.80 Å². The van der Waals surface area contributed by atoms with Crippen molar-refractivity contribution in [3.8, 4) is 5.75 Å². The van der Waals surface area contributed by atoms with Gasteiger partial charge in [0.25, 0.3) is 5.91 Å². The Morgan fingerprint density at radius 3 is 1.92 bits per heavy atom. The summed E-state index contributed by atoms with van der Waals surface area (Å²) in [4.78, 5) is 21.3. The van der Waals surface area contributed by atoms with Gasteiger partial charge in [0, 0.05) is 31.7 Å². The van der Waals surface area contributed by atoms with Crippen molar-refractivity contribution < 1.29 is 19.0 Å². The van der Waals surface area contributed by atoms with Gasteiger partial charge < -0.3 is 24.0 Å². The molecule has 7 nitrogen and oxygen atoms in total. The maximum Gasteiger partial charge on any atom is 0.280 e. The molecule has 3 rings (SSSR count). The van der Waals surface area contributed by atoms with Gasteiger partial charge in [0.15, 0.2) is 0 Å². The van der Waals surface area contributed by atoms with Crippen molar-refractivity contribution in [2.45, 2.75) is 0 Å². The summed E-state index contributed by atoms with van der Waals surface area (Å²) < 4.78 is 16.0. The van der Waals surface area contributed by atoms with Crippen LogP contribution in [-0.4, -0.2) is 81.4 Å². The average molecular weight is 333 g/mol. The molecule has 0 unspecified atom stereocenters. The molecular weight excluding hydrogens is 310 g/mol. The third-order valence-corrected chi connectivity index (χ3v) is 4.13. The van der Waals surface area contributed by atoms with E-state index in [-0.39, 0.29) is 5.91 Å². The third-order valence-electron chi connectivity index (χ3n) is 4.13. The molecule has 24 heavy (non-hydrogen) atoms. The lowest BCUT2D eigenvalue weighted by atomic mass is 10.2. The van der Waals surface area contributed by atoms with E-state index in [1.165, 1.54) is 0 Å². The van der Waals surface area contributed by atoms with Gasteiger partial charge in [-0.3, -0.25) is 4.79 Å². The van der Waals surface area contributed by atoms with Crippen LogP contribution in [0.1, 0.15) is 10.4 Å². The number of aliphatic imine (C=N–C) groups is 1. The molecule has 1 aromatic carbocycles. The van der Waals surface area contributed by atoms with E-state index in [4.69, 9.17) is 14.2 Å². The number of carbonyl (C=O) groups is 1. The lowest BCUT2D eigenvalue weighted by Gasteiger charge is -2.37. The predicted molar refractivity (Wildman–Crippen MR) is 89.5 cm³/mol. The fourth-order valence-corrected chi connectivity index (χ4v) is 2.76. The Bertz CT molecular complexity index is 556. The van der Waals surface area contributed by atoms with Crippen LogP contribution in [0.15, 0.2) is 29.3 Å². The smallest absolute Gasteiger partial charge is 0.280 e. The van der Waals surface area contributed by atoms with Gasteiger partial charge in [-0.05, 0) is 24.3 Å². The van der Waals surface area contributed by atoms with Gasteiger partial charge >= 0.3 is 0 Å². The highest BCUT2D eigenvalue weighted by atomic mass is 16.5. The summed E-state index contributed by atoms with van der Waals surface area (Å²) in [7, 11) is 1.60. The first kappa shape index (κ1) is 16.7. The minimum absolute atomic E-state index is 0.245. The predicted octanol–water partition coefficient (Wildman–Crippen LogP) is 0.856. The molecule has 130 valence electrons. The van der Waals surface area contributed by atoms with E-state index in [9.17, 15) is 4.79 Å².